The molecular weight excluding hydrogens is 244 g/mol. The minimum absolute atomic E-state index is 0.00895. The molecule has 4 rings (SSSR count). The van der Waals surface area contributed by atoms with Crippen molar-refractivity contribution in [1.82, 2.24) is 0 Å². The second kappa shape index (κ2) is 4.48. The normalized spacial score (nSPS) is 58.6. The molecule has 4 fully saturated rings. The van der Waals surface area contributed by atoms with E-state index in [2.05, 4.69) is 13.8 Å². The first-order valence-electron chi connectivity index (χ1n) is 9.24. The average Bonchev–Trinajstić information content (AvgIpc) is 2.74. The van der Waals surface area contributed by atoms with E-state index in [0.717, 1.165) is 30.1 Å². The van der Waals surface area contributed by atoms with Crippen LogP contribution in [-0.4, -0.2) is 11.2 Å². The van der Waals surface area contributed by atoms with Crippen LogP contribution in [0.2, 0.25) is 0 Å². The van der Waals surface area contributed by atoms with Crippen LogP contribution in [-0.2, 0) is 0 Å². The predicted octanol–water partition coefficient (Wildman–Crippen LogP) is 4.78. The van der Waals surface area contributed by atoms with Gasteiger partial charge in [0.25, 0.3) is 0 Å². The van der Waals surface area contributed by atoms with Gasteiger partial charge in [0.15, 0.2) is 0 Å². The molecular formula is C19H32O. The molecule has 114 valence electrons. The Hall–Kier alpha value is -0.0400. The van der Waals surface area contributed by atoms with Crippen molar-refractivity contribution in [3.8, 4) is 0 Å². The Morgan fingerprint density at radius 2 is 1.55 bits per heavy atom. The topological polar surface area (TPSA) is 20.2 Å². The monoisotopic (exact) mass is 276 g/mol. The predicted molar refractivity (Wildman–Crippen MR) is 82.4 cm³/mol. The van der Waals surface area contributed by atoms with Gasteiger partial charge in [-0.05, 0) is 85.9 Å². The lowest BCUT2D eigenvalue weighted by atomic mass is 9.45. The van der Waals surface area contributed by atoms with Crippen molar-refractivity contribution < 1.29 is 5.11 Å². The largest absolute Gasteiger partial charge is 0.393 e. The number of aliphatic hydroxyl groups is 1. The minimum atomic E-state index is -0.00895. The quantitative estimate of drug-likeness (QED) is 0.675. The van der Waals surface area contributed by atoms with E-state index >= 15 is 0 Å². The molecule has 0 heterocycles. The van der Waals surface area contributed by atoms with Crippen LogP contribution >= 0.6 is 0 Å². The van der Waals surface area contributed by atoms with E-state index < -0.39 is 0 Å². The molecule has 0 aromatic heterocycles. The zero-order valence-electron chi connectivity index (χ0n) is 13.4. The number of aliphatic hydroxyl groups excluding tert-OH is 1. The summed E-state index contributed by atoms with van der Waals surface area (Å²) in [4.78, 5) is 0. The van der Waals surface area contributed by atoms with Gasteiger partial charge in [-0.3, -0.25) is 0 Å². The van der Waals surface area contributed by atoms with E-state index in [-0.39, 0.29) is 11.5 Å². The molecule has 4 aliphatic rings. The van der Waals surface area contributed by atoms with Gasteiger partial charge in [0.05, 0.1) is 6.10 Å². The van der Waals surface area contributed by atoms with Gasteiger partial charge in [-0.1, -0.05) is 26.7 Å². The molecule has 0 bridgehead atoms. The van der Waals surface area contributed by atoms with Gasteiger partial charge >= 0.3 is 0 Å². The zero-order chi connectivity index (χ0) is 14.0. The lowest BCUT2D eigenvalue weighted by Gasteiger charge is -2.60. The van der Waals surface area contributed by atoms with Gasteiger partial charge in [-0.2, -0.15) is 0 Å². The summed E-state index contributed by atoms with van der Waals surface area (Å²) in [7, 11) is 0. The molecule has 0 aromatic carbocycles. The van der Waals surface area contributed by atoms with E-state index in [0.29, 0.717) is 5.41 Å². The summed E-state index contributed by atoms with van der Waals surface area (Å²) < 4.78 is 0. The van der Waals surface area contributed by atoms with Crippen molar-refractivity contribution in [3.05, 3.63) is 0 Å². The Balaban J connectivity index is 1.64. The fraction of sp³-hybridized carbons (Fsp3) is 1.00. The SMILES string of the molecule is C[C@@]12CC[C@H]3[C@@H](CC[C@H]4CCCC[C@]43C)[C@H]1CC[C@@H]2O. The van der Waals surface area contributed by atoms with E-state index in [4.69, 9.17) is 0 Å². The molecule has 1 heteroatoms. The molecule has 0 aromatic rings. The molecule has 0 saturated heterocycles. The van der Waals surface area contributed by atoms with Crippen molar-refractivity contribution in [1.29, 1.82) is 0 Å². The maximum atomic E-state index is 10.5. The van der Waals surface area contributed by atoms with Crippen LogP contribution in [0.25, 0.3) is 0 Å². The fourth-order valence-corrected chi connectivity index (χ4v) is 7.27. The Kier molecular flexibility index (Phi) is 3.05. The first-order chi connectivity index (χ1) is 9.56. The van der Waals surface area contributed by atoms with E-state index in [1.54, 1.807) is 0 Å². The third-order valence-electron chi connectivity index (χ3n) is 8.53. The highest BCUT2D eigenvalue weighted by atomic mass is 16.3. The molecule has 20 heavy (non-hydrogen) atoms. The van der Waals surface area contributed by atoms with Crippen LogP contribution in [0.5, 0.6) is 0 Å². The summed E-state index contributed by atoms with van der Waals surface area (Å²) in [6.07, 6.45) is 14.0. The maximum Gasteiger partial charge on any atom is 0.0596 e. The van der Waals surface area contributed by atoms with Crippen LogP contribution in [0.3, 0.4) is 0 Å². The summed E-state index contributed by atoms with van der Waals surface area (Å²) in [6, 6.07) is 0. The first kappa shape index (κ1) is 13.6. The third-order valence-corrected chi connectivity index (χ3v) is 8.53. The van der Waals surface area contributed by atoms with Crippen molar-refractivity contribution in [2.75, 3.05) is 0 Å². The van der Waals surface area contributed by atoms with Gasteiger partial charge in [0.2, 0.25) is 0 Å². The molecule has 0 unspecified atom stereocenters. The molecule has 0 aliphatic heterocycles. The van der Waals surface area contributed by atoms with E-state index in [9.17, 15) is 5.11 Å². The van der Waals surface area contributed by atoms with Crippen LogP contribution in [0, 0.1) is 34.5 Å². The Labute approximate surface area is 124 Å². The third kappa shape index (κ3) is 1.65. The lowest BCUT2D eigenvalue weighted by molar-refractivity contribution is -0.120. The first-order valence-corrected chi connectivity index (χ1v) is 9.24. The highest BCUT2D eigenvalue weighted by molar-refractivity contribution is 5.08. The minimum Gasteiger partial charge on any atom is -0.393 e. The summed E-state index contributed by atoms with van der Waals surface area (Å²) in [6.45, 7) is 5.04. The summed E-state index contributed by atoms with van der Waals surface area (Å²) in [5.74, 6) is 3.76. The molecule has 0 amide bonds. The smallest absolute Gasteiger partial charge is 0.0596 e. The van der Waals surface area contributed by atoms with E-state index in [1.165, 1.54) is 57.8 Å². The van der Waals surface area contributed by atoms with Crippen LogP contribution in [0.1, 0.15) is 78.1 Å². The zero-order valence-corrected chi connectivity index (χ0v) is 13.4. The van der Waals surface area contributed by atoms with Gasteiger partial charge in [-0.25, -0.2) is 0 Å². The fourth-order valence-electron chi connectivity index (χ4n) is 7.27. The number of hydrogen-bond donors (Lipinski definition) is 1. The average molecular weight is 276 g/mol. The van der Waals surface area contributed by atoms with Crippen LogP contribution < -0.4 is 0 Å². The molecule has 0 radical (unpaired) electrons. The molecule has 1 nitrogen and oxygen atoms in total. The second-order valence-electron chi connectivity index (χ2n) is 9.04. The number of fused-ring (bicyclic) bond motifs is 5. The van der Waals surface area contributed by atoms with E-state index in [1.807, 2.05) is 0 Å². The van der Waals surface area contributed by atoms with Crippen LogP contribution in [0.4, 0.5) is 0 Å². The standard InChI is InChI=1S/C19H32O/c1-18-11-4-3-5-13(18)6-7-14-15-8-9-17(20)19(15,2)12-10-16(14)18/h13-17,20H,3-12H2,1-2H3/t13-,14+,15-,16+,17+,18-,19-/m1/s1. The van der Waals surface area contributed by atoms with Gasteiger partial charge < -0.3 is 5.11 Å². The summed E-state index contributed by atoms with van der Waals surface area (Å²) in [5, 5.41) is 10.5. The van der Waals surface area contributed by atoms with Crippen molar-refractivity contribution >= 4 is 0 Å². The van der Waals surface area contributed by atoms with Crippen LogP contribution in [0.15, 0.2) is 0 Å². The van der Waals surface area contributed by atoms with Gasteiger partial charge in [-0.15, -0.1) is 0 Å². The molecule has 7 atom stereocenters. The Morgan fingerprint density at radius 3 is 2.40 bits per heavy atom. The highest BCUT2D eigenvalue weighted by Crippen LogP contribution is 2.66. The lowest BCUT2D eigenvalue weighted by Crippen LogP contribution is -2.53. The molecule has 0 spiro atoms. The molecule has 1 N–H and O–H groups in total. The summed E-state index contributed by atoms with van der Waals surface area (Å²) >= 11 is 0. The summed E-state index contributed by atoms with van der Waals surface area (Å²) in [5.41, 5.74) is 0.912. The Bertz CT molecular complexity index is 391. The molecule has 4 saturated carbocycles. The van der Waals surface area contributed by atoms with Crippen molar-refractivity contribution in [2.45, 2.75) is 84.2 Å². The highest BCUT2D eigenvalue weighted by Gasteiger charge is 2.59. The Morgan fingerprint density at radius 1 is 0.750 bits per heavy atom. The maximum absolute atomic E-state index is 10.5. The number of hydrogen-bond acceptors (Lipinski definition) is 1. The molecule has 4 aliphatic carbocycles. The second-order valence-corrected chi connectivity index (χ2v) is 9.04. The van der Waals surface area contributed by atoms with Gasteiger partial charge in [0, 0.05) is 0 Å². The van der Waals surface area contributed by atoms with Crippen molar-refractivity contribution in [3.63, 3.8) is 0 Å². The van der Waals surface area contributed by atoms with Crippen molar-refractivity contribution in [2.24, 2.45) is 34.5 Å². The number of rotatable bonds is 0. The van der Waals surface area contributed by atoms with Gasteiger partial charge in [0.1, 0.15) is 0 Å².